The molecule has 4 aromatic rings. The highest BCUT2D eigenvalue weighted by atomic mass is 35.5. The molecule has 0 unspecified atom stereocenters. The minimum Gasteiger partial charge on any atom is -0.494 e. The van der Waals surface area contributed by atoms with Crippen LogP contribution in [0, 0.1) is 6.92 Å². The van der Waals surface area contributed by atoms with Crippen molar-refractivity contribution in [3.8, 4) is 11.5 Å². The van der Waals surface area contributed by atoms with Gasteiger partial charge >= 0.3 is 11.9 Å². The number of aliphatic carboxylic acids is 2. The number of aromatic nitrogens is 1. The lowest BCUT2D eigenvalue weighted by Crippen LogP contribution is -2.07. The lowest BCUT2D eigenvalue weighted by atomic mass is 10.0. The van der Waals surface area contributed by atoms with Crippen LogP contribution in [0.1, 0.15) is 47.9 Å². The molecule has 0 amide bonds. The van der Waals surface area contributed by atoms with Crippen LogP contribution >= 0.6 is 11.6 Å². The molecule has 0 aliphatic rings. The molecule has 214 valence electrons. The minimum atomic E-state index is -0.934. The van der Waals surface area contributed by atoms with Crippen LogP contribution in [0.4, 0.5) is 0 Å². The van der Waals surface area contributed by atoms with Gasteiger partial charge in [0, 0.05) is 18.0 Å². The molecule has 0 spiro atoms. The van der Waals surface area contributed by atoms with E-state index in [9.17, 15) is 14.7 Å². The first-order chi connectivity index (χ1) is 19.8. The maximum Gasteiger partial charge on any atom is 0.323 e. The lowest BCUT2D eigenvalue weighted by molar-refractivity contribution is -0.138. The number of carboxylic acid groups (broad SMARTS) is 2. The van der Waals surface area contributed by atoms with Crippen molar-refractivity contribution >= 4 is 46.6 Å². The second kappa shape index (κ2) is 14.4. The minimum absolute atomic E-state index is 0.0721. The summed E-state index contributed by atoms with van der Waals surface area (Å²) in [5, 5.41) is 20.0. The number of carboxylic acids is 2. The summed E-state index contributed by atoms with van der Waals surface area (Å²) in [5.74, 6) is -0.289. The van der Waals surface area contributed by atoms with E-state index < -0.39 is 11.9 Å². The maximum atomic E-state index is 11.5. The molecule has 8 heteroatoms. The van der Waals surface area contributed by atoms with Gasteiger partial charge in [-0.2, -0.15) is 0 Å². The lowest BCUT2D eigenvalue weighted by Gasteiger charge is -2.09. The molecule has 0 fully saturated rings. The average molecular weight is 576 g/mol. The summed E-state index contributed by atoms with van der Waals surface area (Å²) in [4.78, 5) is 22.5. The monoisotopic (exact) mass is 575 g/mol. The molecule has 41 heavy (non-hydrogen) atoms. The van der Waals surface area contributed by atoms with Crippen LogP contribution in [-0.4, -0.2) is 39.9 Å². The zero-order valence-electron chi connectivity index (χ0n) is 23.0. The molecule has 0 radical (unpaired) electrons. The van der Waals surface area contributed by atoms with E-state index in [0.29, 0.717) is 36.8 Å². The molecule has 1 heterocycles. The summed E-state index contributed by atoms with van der Waals surface area (Å²) in [7, 11) is 0. The van der Waals surface area contributed by atoms with E-state index in [0.717, 1.165) is 51.7 Å². The van der Waals surface area contributed by atoms with Crippen molar-refractivity contribution in [3.05, 3.63) is 94.1 Å². The van der Waals surface area contributed by atoms with Gasteiger partial charge in [0.25, 0.3) is 0 Å². The number of para-hydroxylation sites is 1. The zero-order valence-corrected chi connectivity index (χ0v) is 23.8. The molecule has 2 N–H and O–H groups in total. The molecule has 0 aliphatic heterocycles. The average Bonchev–Trinajstić information content (AvgIpc) is 3.28. The van der Waals surface area contributed by atoms with Crippen molar-refractivity contribution in [2.45, 2.75) is 45.6 Å². The van der Waals surface area contributed by atoms with Crippen LogP contribution in [0.3, 0.4) is 0 Å². The number of carbonyl (C=O) groups is 2. The van der Waals surface area contributed by atoms with E-state index in [1.807, 2.05) is 85.9 Å². The Balaban J connectivity index is 1.33. The van der Waals surface area contributed by atoms with E-state index in [4.69, 9.17) is 26.2 Å². The Bertz CT molecular complexity index is 1520. The maximum absolute atomic E-state index is 11.5. The second-order valence-corrected chi connectivity index (χ2v) is 10.3. The van der Waals surface area contributed by atoms with Gasteiger partial charge in [-0.25, -0.2) is 0 Å². The van der Waals surface area contributed by atoms with Crippen LogP contribution in [-0.2, 0) is 22.6 Å². The first-order valence-electron chi connectivity index (χ1n) is 13.6. The number of halogens is 1. The number of unbranched alkanes of at least 4 members (excludes halogenated alkanes) is 1. The summed E-state index contributed by atoms with van der Waals surface area (Å²) < 4.78 is 13.4. The second-order valence-electron chi connectivity index (χ2n) is 9.91. The Hall–Kier alpha value is -4.23. The fraction of sp³-hybridized carbons (Fsp3) is 0.273. The number of hydrogen-bond acceptors (Lipinski definition) is 4. The Morgan fingerprint density at radius 2 is 1.66 bits per heavy atom. The molecular formula is C33H34ClNO6. The van der Waals surface area contributed by atoms with E-state index >= 15 is 0 Å². The Labute approximate surface area is 244 Å². The van der Waals surface area contributed by atoms with Crippen LogP contribution in [0.5, 0.6) is 11.5 Å². The molecule has 0 bridgehead atoms. The van der Waals surface area contributed by atoms with Gasteiger partial charge in [0.2, 0.25) is 0 Å². The summed E-state index contributed by atoms with van der Waals surface area (Å²) in [6.45, 7) is 2.97. The summed E-state index contributed by atoms with van der Waals surface area (Å²) in [6.07, 6.45) is 8.61. The Kier molecular flexibility index (Phi) is 10.5. The normalized spacial score (nSPS) is 11.3. The van der Waals surface area contributed by atoms with Crippen LogP contribution in [0.25, 0.3) is 23.1 Å². The van der Waals surface area contributed by atoms with Crippen molar-refractivity contribution < 1.29 is 29.3 Å². The summed E-state index contributed by atoms with van der Waals surface area (Å²) in [6, 6.07) is 19.4. The number of rotatable bonds is 15. The molecule has 4 rings (SSSR count). The smallest absolute Gasteiger partial charge is 0.323 e. The first kappa shape index (κ1) is 29.7. The highest BCUT2D eigenvalue weighted by Gasteiger charge is 2.13. The highest BCUT2D eigenvalue weighted by molar-refractivity contribution is 6.32. The van der Waals surface area contributed by atoms with E-state index in [1.54, 1.807) is 4.57 Å². The SMILES string of the molecule is Cc1ccc(OCCCCOc2ccc(C=Cc3cccc4c(CCCC(=O)O)cn(CC(=O)O)c34)cc2)c(Cl)c1. The molecule has 1 aromatic heterocycles. The number of ether oxygens (including phenoxy) is 2. The van der Waals surface area contributed by atoms with Gasteiger partial charge < -0.3 is 24.3 Å². The quantitative estimate of drug-likeness (QED) is 0.112. The van der Waals surface area contributed by atoms with Gasteiger partial charge in [0.1, 0.15) is 18.0 Å². The molecule has 0 aliphatic carbocycles. The van der Waals surface area contributed by atoms with Crippen molar-refractivity contribution in [3.63, 3.8) is 0 Å². The molecule has 3 aromatic carbocycles. The topological polar surface area (TPSA) is 98.0 Å². The number of nitrogens with zero attached hydrogens (tertiary/aromatic N) is 1. The fourth-order valence-electron chi connectivity index (χ4n) is 4.66. The van der Waals surface area contributed by atoms with E-state index in [-0.39, 0.29) is 13.0 Å². The third kappa shape index (κ3) is 8.63. The molecule has 7 nitrogen and oxygen atoms in total. The van der Waals surface area contributed by atoms with Gasteiger partial charge in [-0.3, -0.25) is 9.59 Å². The van der Waals surface area contributed by atoms with Crippen molar-refractivity contribution in [1.29, 1.82) is 0 Å². The van der Waals surface area contributed by atoms with Crippen molar-refractivity contribution in [1.82, 2.24) is 4.57 Å². The van der Waals surface area contributed by atoms with Gasteiger partial charge in [-0.1, -0.05) is 60.2 Å². The number of fused-ring (bicyclic) bond motifs is 1. The van der Waals surface area contributed by atoms with Crippen molar-refractivity contribution in [2.75, 3.05) is 13.2 Å². The Morgan fingerprint density at radius 3 is 2.37 bits per heavy atom. The Morgan fingerprint density at radius 1 is 0.902 bits per heavy atom. The molecule has 0 saturated heterocycles. The van der Waals surface area contributed by atoms with E-state index in [2.05, 4.69) is 0 Å². The summed E-state index contributed by atoms with van der Waals surface area (Å²) >= 11 is 6.20. The third-order valence-electron chi connectivity index (χ3n) is 6.64. The molecule has 0 saturated carbocycles. The number of hydrogen-bond donors (Lipinski definition) is 2. The largest absolute Gasteiger partial charge is 0.494 e. The van der Waals surface area contributed by atoms with Crippen LogP contribution in [0.2, 0.25) is 5.02 Å². The fourth-order valence-corrected chi connectivity index (χ4v) is 4.95. The van der Waals surface area contributed by atoms with Crippen LogP contribution in [0.15, 0.2) is 66.9 Å². The van der Waals surface area contributed by atoms with Gasteiger partial charge in [0.15, 0.2) is 0 Å². The van der Waals surface area contributed by atoms with Gasteiger partial charge in [0.05, 0.1) is 23.8 Å². The molecular weight excluding hydrogens is 542 g/mol. The summed E-state index contributed by atoms with van der Waals surface area (Å²) in [5.41, 5.74) is 4.74. The van der Waals surface area contributed by atoms with E-state index in [1.165, 1.54) is 0 Å². The van der Waals surface area contributed by atoms with Crippen molar-refractivity contribution in [2.24, 2.45) is 0 Å². The zero-order chi connectivity index (χ0) is 29.2. The molecule has 0 atom stereocenters. The number of aryl methyl sites for hydroxylation is 2. The predicted octanol–water partition coefficient (Wildman–Crippen LogP) is 7.50. The van der Waals surface area contributed by atoms with Crippen LogP contribution < -0.4 is 9.47 Å². The van der Waals surface area contributed by atoms with Gasteiger partial charge in [-0.05, 0) is 79.1 Å². The predicted molar refractivity (Wildman–Crippen MR) is 162 cm³/mol. The standard InChI is InChI=1S/C33H34ClNO6/c1-23-10-17-30(29(34)20-23)41-19-3-2-18-40-27-15-12-24(13-16-27)11-14-25-6-4-8-28-26(7-5-9-31(36)37)21-35(33(25)28)22-32(38)39/h4,6,8,10-17,20-21H,2-3,5,7,9,18-19,22H2,1H3,(H,36,37)(H,38,39). The first-order valence-corrected chi connectivity index (χ1v) is 14.0. The third-order valence-corrected chi connectivity index (χ3v) is 6.94. The highest BCUT2D eigenvalue weighted by Crippen LogP contribution is 2.28. The number of benzene rings is 3. The van der Waals surface area contributed by atoms with Gasteiger partial charge in [-0.15, -0.1) is 0 Å².